The van der Waals surface area contributed by atoms with E-state index in [1.54, 1.807) is 23.5 Å². The largest absolute Gasteiger partial charge is 0.368 e. The smallest absolute Gasteiger partial charge is 0.124 e. The number of aryl methyl sites for hydroxylation is 1. The number of halogens is 1. The summed E-state index contributed by atoms with van der Waals surface area (Å²) in [4.78, 5) is 5.80. The van der Waals surface area contributed by atoms with E-state index >= 15 is 0 Å². The van der Waals surface area contributed by atoms with Crippen molar-refractivity contribution in [3.05, 3.63) is 40.0 Å². The number of hydrogen-bond donors (Lipinski definition) is 1. The van der Waals surface area contributed by atoms with Gasteiger partial charge in [-0.15, -0.1) is 11.3 Å². The minimum atomic E-state index is -0.225. The Morgan fingerprint density at radius 3 is 2.84 bits per heavy atom. The summed E-state index contributed by atoms with van der Waals surface area (Å²) in [6.07, 6.45) is 0.0339. The van der Waals surface area contributed by atoms with Gasteiger partial charge in [-0.05, 0) is 31.2 Å². The number of nitrogens with zero attached hydrogens (tertiary/aromatic N) is 1. The number of benzene rings is 1. The summed E-state index contributed by atoms with van der Waals surface area (Å²) in [5, 5.41) is 4.29. The molecule has 19 heavy (non-hydrogen) atoms. The fraction of sp³-hybridized carbons (Fsp3) is 0.357. The van der Waals surface area contributed by atoms with Gasteiger partial charge in [0.15, 0.2) is 0 Å². The molecule has 0 saturated carbocycles. The van der Waals surface area contributed by atoms with Crippen LogP contribution in [0.5, 0.6) is 0 Å². The number of thiazole rings is 1. The quantitative estimate of drug-likeness (QED) is 0.917. The summed E-state index contributed by atoms with van der Waals surface area (Å²) >= 11 is 1.65. The van der Waals surface area contributed by atoms with Crippen molar-refractivity contribution < 1.29 is 9.13 Å². The van der Waals surface area contributed by atoms with Crippen LogP contribution >= 0.6 is 11.3 Å². The van der Waals surface area contributed by atoms with Crippen LogP contribution in [-0.2, 0) is 4.74 Å². The zero-order valence-electron chi connectivity index (χ0n) is 10.6. The minimum Gasteiger partial charge on any atom is -0.368 e. The maximum Gasteiger partial charge on any atom is 0.124 e. The van der Waals surface area contributed by atoms with Gasteiger partial charge < -0.3 is 10.1 Å². The van der Waals surface area contributed by atoms with E-state index in [0.717, 1.165) is 40.8 Å². The van der Waals surface area contributed by atoms with Crippen LogP contribution < -0.4 is 5.32 Å². The van der Waals surface area contributed by atoms with Crippen LogP contribution in [0.3, 0.4) is 0 Å². The lowest BCUT2D eigenvalue weighted by Crippen LogP contribution is -2.33. The van der Waals surface area contributed by atoms with Crippen LogP contribution in [0.25, 0.3) is 11.3 Å². The predicted octanol–water partition coefficient (Wildman–Crippen LogP) is 2.92. The molecule has 1 fully saturated rings. The highest BCUT2D eigenvalue weighted by Crippen LogP contribution is 2.32. The molecule has 0 bridgehead atoms. The molecule has 2 heterocycles. The van der Waals surface area contributed by atoms with Crippen molar-refractivity contribution in [1.82, 2.24) is 10.3 Å². The van der Waals surface area contributed by atoms with Gasteiger partial charge in [0.1, 0.15) is 16.9 Å². The number of hydrogen-bond acceptors (Lipinski definition) is 4. The Hall–Kier alpha value is -1.30. The third-order valence-electron chi connectivity index (χ3n) is 3.13. The van der Waals surface area contributed by atoms with E-state index in [0.29, 0.717) is 0 Å². The standard InChI is InChI=1S/C14H15FN2OS/c1-9-13(10-2-4-11(15)5-3-10)17-14(19-9)12-8-16-6-7-18-12/h2-5,12,16H,6-8H2,1H3. The normalized spacial score (nSPS) is 19.6. The summed E-state index contributed by atoms with van der Waals surface area (Å²) < 4.78 is 18.7. The fourth-order valence-electron chi connectivity index (χ4n) is 2.15. The van der Waals surface area contributed by atoms with E-state index in [1.165, 1.54) is 12.1 Å². The molecule has 100 valence electrons. The highest BCUT2D eigenvalue weighted by atomic mass is 32.1. The van der Waals surface area contributed by atoms with Gasteiger partial charge in [-0.25, -0.2) is 9.37 Å². The molecule has 3 rings (SSSR count). The van der Waals surface area contributed by atoms with Gasteiger partial charge in [-0.2, -0.15) is 0 Å². The van der Waals surface area contributed by atoms with Crippen molar-refractivity contribution in [1.29, 1.82) is 0 Å². The molecule has 1 aliphatic rings. The first-order valence-corrected chi connectivity index (χ1v) is 7.11. The first kappa shape index (κ1) is 12.7. The van der Waals surface area contributed by atoms with E-state index in [1.807, 2.05) is 6.92 Å². The van der Waals surface area contributed by atoms with Gasteiger partial charge in [0.2, 0.25) is 0 Å². The number of morpholine rings is 1. The number of rotatable bonds is 2. The molecular weight excluding hydrogens is 263 g/mol. The highest BCUT2D eigenvalue weighted by molar-refractivity contribution is 7.12. The molecule has 1 aromatic carbocycles. The molecule has 1 atom stereocenters. The summed E-state index contributed by atoms with van der Waals surface area (Å²) in [5.41, 5.74) is 1.87. The number of ether oxygens (including phenoxy) is 1. The first-order valence-electron chi connectivity index (χ1n) is 6.29. The molecule has 0 radical (unpaired) electrons. The monoisotopic (exact) mass is 278 g/mol. The molecule has 0 amide bonds. The van der Waals surface area contributed by atoms with Gasteiger partial charge in [-0.1, -0.05) is 0 Å². The van der Waals surface area contributed by atoms with Gasteiger partial charge in [0.25, 0.3) is 0 Å². The molecule has 1 aliphatic heterocycles. The van der Waals surface area contributed by atoms with Crippen molar-refractivity contribution >= 4 is 11.3 Å². The van der Waals surface area contributed by atoms with Gasteiger partial charge in [0.05, 0.1) is 12.3 Å². The van der Waals surface area contributed by atoms with Crippen LogP contribution in [0.4, 0.5) is 4.39 Å². The molecule has 1 N–H and O–H groups in total. The molecule has 0 aliphatic carbocycles. The fourth-order valence-corrected chi connectivity index (χ4v) is 3.15. The van der Waals surface area contributed by atoms with Crippen LogP contribution in [0.1, 0.15) is 16.0 Å². The Labute approximate surface area is 115 Å². The zero-order chi connectivity index (χ0) is 13.2. The van der Waals surface area contributed by atoms with Crippen molar-refractivity contribution in [2.45, 2.75) is 13.0 Å². The van der Waals surface area contributed by atoms with E-state index in [9.17, 15) is 4.39 Å². The maximum atomic E-state index is 13.0. The lowest BCUT2D eigenvalue weighted by molar-refractivity contribution is 0.0276. The molecule has 0 spiro atoms. The molecule has 5 heteroatoms. The highest BCUT2D eigenvalue weighted by Gasteiger charge is 2.21. The zero-order valence-corrected chi connectivity index (χ0v) is 11.5. The van der Waals surface area contributed by atoms with E-state index in [-0.39, 0.29) is 11.9 Å². The minimum absolute atomic E-state index is 0.0339. The van der Waals surface area contributed by atoms with Gasteiger partial charge in [-0.3, -0.25) is 0 Å². The molecule has 2 aromatic rings. The Kier molecular flexibility index (Phi) is 3.59. The molecule has 1 unspecified atom stereocenters. The third kappa shape index (κ3) is 2.68. The van der Waals surface area contributed by atoms with Crippen molar-refractivity contribution in [3.8, 4) is 11.3 Å². The van der Waals surface area contributed by atoms with E-state index < -0.39 is 0 Å². The second kappa shape index (κ2) is 5.36. The predicted molar refractivity (Wildman–Crippen MR) is 73.8 cm³/mol. The molecule has 1 saturated heterocycles. The van der Waals surface area contributed by atoms with Crippen LogP contribution in [0.15, 0.2) is 24.3 Å². The van der Waals surface area contributed by atoms with Crippen LogP contribution in [-0.4, -0.2) is 24.7 Å². The third-order valence-corrected chi connectivity index (χ3v) is 4.20. The maximum absolute atomic E-state index is 13.0. The topological polar surface area (TPSA) is 34.1 Å². The number of nitrogens with one attached hydrogen (secondary N) is 1. The van der Waals surface area contributed by atoms with E-state index in [4.69, 9.17) is 4.74 Å². The van der Waals surface area contributed by atoms with Crippen LogP contribution in [0.2, 0.25) is 0 Å². The van der Waals surface area contributed by atoms with Crippen molar-refractivity contribution in [2.24, 2.45) is 0 Å². The Morgan fingerprint density at radius 2 is 2.16 bits per heavy atom. The van der Waals surface area contributed by atoms with Crippen molar-refractivity contribution in [3.63, 3.8) is 0 Å². The van der Waals surface area contributed by atoms with Gasteiger partial charge >= 0.3 is 0 Å². The summed E-state index contributed by atoms with van der Waals surface area (Å²) in [7, 11) is 0. The first-order chi connectivity index (χ1) is 9.24. The lowest BCUT2D eigenvalue weighted by Gasteiger charge is -2.21. The van der Waals surface area contributed by atoms with Gasteiger partial charge in [0, 0.05) is 23.5 Å². The molecular formula is C14H15FN2OS. The average Bonchev–Trinajstić information content (AvgIpc) is 2.83. The Bertz CT molecular complexity index is 561. The number of aromatic nitrogens is 1. The second-order valence-corrected chi connectivity index (χ2v) is 5.76. The Balaban J connectivity index is 1.90. The summed E-state index contributed by atoms with van der Waals surface area (Å²) in [5.74, 6) is -0.225. The SMILES string of the molecule is Cc1sc(C2CNCCO2)nc1-c1ccc(F)cc1. The summed E-state index contributed by atoms with van der Waals surface area (Å²) in [6, 6.07) is 6.46. The van der Waals surface area contributed by atoms with Crippen LogP contribution in [0, 0.1) is 12.7 Å². The second-order valence-electron chi connectivity index (χ2n) is 4.53. The average molecular weight is 278 g/mol. The summed E-state index contributed by atoms with van der Waals surface area (Å²) in [6.45, 7) is 4.45. The lowest BCUT2D eigenvalue weighted by atomic mass is 10.1. The molecule has 1 aromatic heterocycles. The Morgan fingerprint density at radius 1 is 1.37 bits per heavy atom. The van der Waals surface area contributed by atoms with E-state index in [2.05, 4.69) is 10.3 Å². The van der Waals surface area contributed by atoms with Crippen molar-refractivity contribution in [2.75, 3.05) is 19.7 Å². The molecule has 3 nitrogen and oxygen atoms in total.